The summed E-state index contributed by atoms with van der Waals surface area (Å²) < 4.78 is 0. The second-order valence-corrected chi connectivity index (χ2v) is 8.17. The molecule has 0 heterocycles. The van der Waals surface area contributed by atoms with Gasteiger partial charge in [0, 0.05) is 0 Å². The average molecular weight is 142 g/mol. The third-order valence-electron chi connectivity index (χ3n) is 1.28. The highest BCUT2D eigenvalue weighted by Crippen LogP contribution is 2.11. The van der Waals surface area contributed by atoms with Crippen LogP contribution < -0.4 is 0 Å². The number of hydrogen-bond acceptors (Lipinski definition) is 1. The molecule has 52 valence electrons. The van der Waals surface area contributed by atoms with Gasteiger partial charge in [-0.05, 0) is 5.20 Å². The monoisotopic (exact) mass is 142 g/mol. The highest BCUT2D eigenvalue weighted by atomic mass is 28.3. The minimum absolute atomic E-state index is 0.124. The van der Waals surface area contributed by atoms with E-state index in [9.17, 15) is 0 Å². The molecule has 0 saturated heterocycles. The largest absolute Gasteiger partial charge is 0.392 e. The van der Waals surface area contributed by atoms with Crippen LogP contribution in [-0.2, 0) is 0 Å². The van der Waals surface area contributed by atoms with Crippen molar-refractivity contribution in [3.8, 4) is 0 Å². The lowest BCUT2D eigenvalue weighted by Crippen LogP contribution is -2.25. The molecule has 0 saturated carbocycles. The first-order valence-corrected chi connectivity index (χ1v) is 6.52. The van der Waals surface area contributed by atoms with E-state index >= 15 is 0 Å². The lowest BCUT2D eigenvalue weighted by molar-refractivity contribution is 0.337. The molecule has 0 atom stereocenters. The normalized spacial score (nSPS) is 10.7. The highest BCUT2D eigenvalue weighted by molar-refractivity contribution is 6.83. The van der Waals surface area contributed by atoms with Gasteiger partial charge < -0.3 is 5.11 Å². The van der Waals surface area contributed by atoms with Gasteiger partial charge in [-0.1, -0.05) is 26.2 Å². The van der Waals surface area contributed by atoms with Gasteiger partial charge in [0.1, 0.15) is 0 Å². The lowest BCUT2D eigenvalue weighted by atomic mass is 10.6. The van der Waals surface area contributed by atoms with Gasteiger partial charge in [0.25, 0.3) is 0 Å². The number of aliphatic hydroxyl groups excluding tert-OH is 1. The Morgan fingerprint density at radius 2 is 2.00 bits per heavy atom. The first kappa shape index (κ1) is 8.70. The van der Waals surface area contributed by atoms with Crippen LogP contribution in [0.4, 0.5) is 0 Å². The van der Waals surface area contributed by atoms with Crippen molar-refractivity contribution < 1.29 is 5.11 Å². The predicted octanol–water partition coefficient (Wildman–Crippen LogP) is 1.57. The fourth-order valence-corrected chi connectivity index (χ4v) is 1.56. The maximum Gasteiger partial charge on any atom is 0.0853 e. The van der Waals surface area contributed by atoms with Crippen LogP contribution in [0.1, 0.15) is 0 Å². The van der Waals surface area contributed by atoms with E-state index in [1.807, 2.05) is 0 Å². The highest BCUT2D eigenvalue weighted by Gasteiger charge is 2.17. The zero-order valence-corrected chi connectivity index (χ0v) is 7.36. The summed E-state index contributed by atoms with van der Waals surface area (Å²) in [5, 5.41) is 9.76. The average Bonchev–Trinajstić information content (AvgIpc) is 1.65. The van der Waals surface area contributed by atoms with Gasteiger partial charge in [-0.3, -0.25) is 0 Å². The summed E-state index contributed by atoms with van der Waals surface area (Å²) in [6.07, 6.45) is 0. The fraction of sp³-hybridized carbons (Fsp3) is 0.571. The molecule has 0 bridgehead atoms. The van der Waals surface area contributed by atoms with E-state index in [1.165, 1.54) is 0 Å². The zero-order valence-electron chi connectivity index (χ0n) is 6.36. The maximum absolute atomic E-state index is 8.76. The molecular formula is C7H14OSi. The Morgan fingerprint density at radius 1 is 1.56 bits per heavy atom. The van der Waals surface area contributed by atoms with E-state index in [2.05, 4.69) is 32.0 Å². The van der Waals surface area contributed by atoms with Gasteiger partial charge in [0.05, 0.1) is 14.7 Å². The van der Waals surface area contributed by atoms with E-state index in [0.717, 1.165) is 5.20 Å². The Bertz CT molecular complexity index is 137. The Balaban J connectivity index is 4.33. The Hall–Kier alpha value is -0.303. The van der Waals surface area contributed by atoms with Crippen molar-refractivity contribution in [3.05, 3.63) is 17.5 Å². The molecule has 0 unspecified atom stereocenters. The summed E-state index contributed by atoms with van der Waals surface area (Å²) in [5.74, 6) is 0. The van der Waals surface area contributed by atoms with Crippen LogP contribution in [0.5, 0.6) is 0 Å². The molecule has 0 rings (SSSR count). The second kappa shape index (κ2) is 3.02. The zero-order chi connectivity index (χ0) is 7.49. The number of hydrogen-bond donors (Lipinski definition) is 1. The molecule has 0 aromatic carbocycles. The van der Waals surface area contributed by atoms with Gasteiger partial charge in [0.15, 0.2) is 0 Å². The molecule has 2 heteroatoms. The standard InChI is InChI=1S/C7H14OSi/c1-5-7(6-8)9(2,3)4/h8H,1,6H2,2-4H3. The van der Waals surface area contributed by atoms with Crippen LogP contribution >= 0.6 is 0 Å². The first-order chi connectivity index (χ1) is 4.02. The third kappa shape index (κ3) is 2.66. The third-order valence-corrected chi connectivity index (χ3v) is 3.42. The molecule has 0 aromatic heterocycles. The molecule has 1 nitrogen and oxygen atoms in total. The first-order valence-electron chi connectivity index (χ1n) is 3.02. The van der Waals surface area contributed by atoms with Crippen molar-refractivity contribution in [2.75, 3.05) is 6.61 Å². The van der Waals surface area contributed by atoms with Crippen molar-refractivity contribution >= 4 is 8.07 Å². The fourth-order valence-electron chi connectivity index (χ4n) is 0.558. The van der Waals surface area contributed by atoms with Crippen LogP contribution in [0, 0.1) is 0 Å². The van der Waals surface area contributed by atoms with Crippen LogP contribution in [0.2, 0.25) is 19.6 Å². The van der Waals surface area contributed by atoms with Crippen molar-refractivity contribution in [1.29, 1.82) is 0 Å². The topological polar surface area (TPSA) is 20.2 Å². The van der Waals surface area contributed by atoms with Crippen LogP contribution in [0.15, 0.2) is 17.5 Å². The van der Waals surface area contributed by atoms with Crippen molar-refractivity contribution in [1.82, 2.24) is 0 Å². The molecule has 0 amide bonds. The molecule has 0 fully saturated rings. The predicted molar refractivity (Wildman–Crippen MR) is 43.1 cm³/mol. The van der Waals surface area contributed by atoms with Crippen LogP contribution in [0.25, 0.3) is 0 Å². The summed E-state index contributed by atoms with van der Waals surface area (Å²) in [6.45, 7) is 10.1. The van der Waals surface area contributed by atoms with Gasteiger partial charge in [-0.2, -0.15) is 0 Å². The van der Waals surface area contributed by atoms with E-state index in [0.29, 0.717) is 0 Å². The molecular weight excluding hydrogens is 128 g/mol. The summed E-state index contributed by atoms with van der Waals surface area (Å²) in [5.41, 5.74) is 2.77. The van der Waals surface area contributed by atoms with Gasteiger partial charge >= 0.3 is 0 Å². The molecule has 0 aromatic rings. The summed E-state index contributed by atoms with van der Waals surface area (Å²) >= 11 is 0. The Kier molecular flexibility index (Phi) is 2.92. The van der Waals surface area contributed by atoms with Crippen molar-refractivity contribution in [2.45, 2.75) is 19.6 Å². The van der Waals surface area contributed by atoms with Gasteiger partial charge in [0.2, 0.25) is 0 Å². The molecule has 0 aliphatic heterocycles. The Morgan fingerprint density at radius 3 is 2.00 bits per heavy atom. The molecule has 1 N–H and O–H groups in total. The molecule has 9 heavy (non-hydrogen) atoms. The number of aliphatic hydroxyl groups is 1. The minimum Gasteiger partial charge on any atom is -0.392 e. The maximum atomic E-state index is 8.76. The summed E-state index contributed by atoms with van der Waals surface area (Å²) in [6, 6.07) is 0. The summed E-state index contributed by atoms with van der Waals surface area (Å²) in [4.78, 5) is 0. The summed E-state index contributed by atoms with van der Waals surface area (Å²) in [7, 11) is -1.29. The number of rotatable bonds is 2. The van der Waals surface area contributed by atoms with E-state index in [-0.39, 0.29) is 6.61 Å². The molecule has 0 spiro atoms. The molecule has 0 radical (unpaired) electrons. The smallest absolute Gasteiger partial charge is 0.0853 e. The van der Waals surface area contributed by atoms with Crippen molar-refractivity contribution in [3.63, 3.8) is 0 Å². The minimum atomic E-state index is -1.29. The quantitative estimate of drug-likeness (QED) is 0.458. The lowest BCUT2D eigenvalue weighted by Gasteiger charge is -2.15. The second-order valence-electron chi connectivity index (χ2n) is 3.06. The van der Waals surface area contributed by atoms with Crippen LogP contribution in [0.3, 0.4) is 0 Å². The van der Waals surface area contributed by atoms with E-state index in [4.69, 9.17) is 5.11 Å². The van der Waals surface area contributed by atoms with Gasteiger partial charge in [-0.15, -0.1) is 5.73 Å². The van der Waals surface area contributed by atoms with E-state index in [1.54, 1.807) is 0 Å². The Labute approximate surface area is 57.7 Å². The van der Waals surface area contributed by atoms with Crippen molar-refractivity contribution in [2.24, 2.45) is 0 Å². The van der Waals surface area contributed by atoms with Crippen LogP contribution in [-0.4, -0.2) is 19.8 Å². The van der Waals surface area contributed by atoms with E-state index < -0.39 is 8.07 Å². The van der Waals surface area contributed by atoms with Gasteiger partial charge in [-0.25, -0.2) is 0 Å². The molecule has 0 aliphatic rings. The molecule has 0 aliphatic carbocycles. The SMILES string of the molecule is C=C=C(CO)[Si](C)(C)C.